The fourth-order valence-electron chi connectivity index (χ4n) is 1.27. The Hall–Kier alpha value is -1.36. The first-order chi connectivity index (χ1) is 6.06. The number of rotatable bonds is 1. The summed E-state index contributed by atoms with van der Waals surface area (Å²) in [5, 5.41) is 8.66. The average molecular weight is 177 g/mol. The van der Waals surface area contributed by atoms with Crippen LogP contribution in [0.15, 0.2) is 12.1 Å². The molecule has 0 unspecified atom stereocenters. The molecule has 1 aromatic rings. The molecule has 1 rings (SSSR count). The van der Waals surface area contributed by atoms with Crippen molar-refractivity contribution < 1.29 is 4.39 Å². The second kappa shape index (κ2) is 3.57. The predicted molar refractivity (Wildman–Crippen MR) is 49.9 cm³/mol. The van der Waals surface area contributed by atoms with Crippen molar-refractivity contribution in [3.05, 3.63) is 34.6 Å². The minimum Gasteiger partial charge on any atom is -0.207 e. The molecule has 0 aliphatic rings. The van der Waals surface area contributed by atoms with Crippen LogP contribution in [0.4, 0.5) is 4.39 Å². The monoisotopic (exact) mass is 177 g/mol. The fraction of sp³-hybridized carbons (Fsp3) is 0.364. The molecule has 0 N–H and O–H groups in total. The lowest BCUT2D eigenvalue weighted by atomic mass is 9.98. The zero-order valence-corrected chi connectivity index (χ0v) is 8.06. The van der Waals surface area contributed by atoms with Crippen molar-refractivity contribution in [2.75, 3.05) is 0 Å². The van der Waals surface area contributed by atoms with Crippen LogP contribution < -0.4 is 0 Å². The second-order valence-corrected chi connectivity index (χ2v) is 3.46. The van der Waals surface area contributed by atoms with Crippen LogP contribution in [0.5, 0.6) is 0 Å². The number of hydrogen-bond acceptors (Lipinski definition) is 1. The van der Waals surface area contributed by atoms with Gasteiger partial charge < -0.3 is 0 Å². The third-order valence-corrected chi connectivity index (χ3v) is 2.09. The molecular formula is C11H12FN. The van der Waals surface area contributed by atoms with Gasteiger partial charge in [0, 0.05) is 0 Å². The minimum absolute atomic E-state index is 0.159. The zero-order valence-electron chi connectivity index (χ0n) is 8.06. The Balaban J connectivity index is 3.31. The number of nitrogens with zero attached hydrogens (tertiary/aromatic N) is 1. The smallest absolute Gasteiger partial charge is 0.127 e. The molecule has 68 valence electrons. The van der Waals surface area contributed by atoms with Crippen LogP contribution in [0, 0.1) is 24.1 Å². The van der Waals surface area contributed by atoms with Crippen molar-refractivity contribution in [2.45, 2.75) is 26.7 Å². The summed E-state index contributed by atoms with van der Waals surface area (Å²) < 4.78 is 13.3. The van der Waals surface area contributed by atoms with E-state index < -0.39 is 0 Å². The highest BCUT2D eigenvalue weighted by atomic mass is 19.1. The molecule has 0 amide bonds. The highest BCUT2D eigenvalue weighted by Gasteiger charge is 2.09. The topological polar surface area (TPSA) is 23.8 Å². The molecular weight excluding hydrogens is 165 g/mol. The number of benzene rings is 1. The maximum Gasteiger partial charge on any atom is 0.127 e. The minimum atomic E-state index is -0.280. The highest BCUT2D eigenvalue weighted by molar-refractivity contribution is 5.41. The summed E-state index contributed by atoms with van der Waals surface area (Å²) in [6.45, 7) is 5.69. The number of aryl methyl sites for hydroxylation is 1. The molecule has 1 aromatic carbocycles. The molecule has 0 aliphatic carbocycles. The molecule has 13 heavy (non-hydrogen) atoms. The van der Waals surface area contributed by atoms with Gasteiger partial charge in [-0.1, -0.05) is 19.9 Å². The van der Waals surface area contributed by atoms with Gasteiger partial charge in [-0.05, 0) is 30.0 Å². The molecule has 0 heterocycles. The average Bonchev–Trinajstić information content (AvgIpc) is 2.07. The van der Waals surface area contributed by atoms with Gasteiger partial charge in [-0.25, -0.2) is 4.39 Å². The van der Waals surface area contributed by atoms with E-state index in [9.17, 15) is 4.39 Å². The maximum absolute atomic E-state index is 13.3. The van der Waals surface area contributed by atoms with Gasteiger partial charge in [0.25, 0.3) is 0 Å². The lowest BCUT2D eigenvalue weighted by Crippen LogP contribution is -1.96. The van der Waals surface area contributed by atoms with E-state index in [0.717, 1.165) is 5.56 Å². The maximum atomic E-state index is 13.3. The van der Waals surface area contributed by atoms with Crippen molar-refractivity contribution in [3.63, 3.8) is 0 Å². The van der Waals surface area contributed by atoms with E-state index in [2.05, 4.69) is 0 Å². The molecule has 0 radical (unpaired) electrons. The summed E-state index contributed by atoms with van der Waals surface area (Å²) in [7, 11) is 0. The summed E-state index contributed by atoms with van der Waals surface area (Å²) in [4.78, 5) is 0. The Morgan fingerprint density at radius 1 is 1.38 bits per heavy atom. The number of halogens is 1. The molecule has 0 spiro atoms. The molecule has 0 aliphatic heterocycles. The third-order valence-electron chi connectivity index (χ3n) is 2.09. The van der Waals surface area contributed by atoms with E-state index in [1.165, 1.54) is 6.07 Å². The first-order valence-electron chi connectivity index (χ1n) is 4.26. The van der Waals surface area contributed by atoms with Crippen LogP contribution in [-0.4, -0.2) is 0 Å². The second-order valence-electron chi connectivity index (χ2n) is 3.46. The number of hydrogen-bond donors (Lipinski definition) is 0. The standard InChI is InChI=1S/C11H12FN/c1-7(2)10-4-8(3)9(6-13)5-11(10)12/h4-5,7H,1-3H3. The van der Waals surface area contributed by atoms with Crippen LogP contribution in [-0.2, 0) is 0 Å². The quantitative estimate of drug-likeness (QED) is 0.646. The van der Waals surface area contributed by atoms with Gasteiger partial charge in [0.05, 0.1) is 11.6 Å². The lowest BCUT2D eigenvalue weighted by molar-refractivity contribution is 0.597. The van der Waals surface area contributed by atoms with Crippen LogP contribution in [0.1, 0.15) is 36.5 Å². The lowest BCUT2D eigenvalue weighted by Gasteiger charge is -2.08. The first-order valence-corrected chi connectivity index (χ1v) is 4.26. The summed E-state index contributed by atoms with van der Waals surface area (Å²) in [6.07, 6.45) is 0. The third kappa shape index (κ3) is 1.86. The predicted octanol–water partition coefficient (Wildman–Crippen LogP) is 3.13. The van der Waals surface area contributed by atoms with E-state index >= 15 is 0 Å². The Kier molecular flexibility index (Phi) is 2.67. The summed E-state index contributed by atoms with van der Waals surface area (Å²) in [5.74, 6) is -0.122. The molecule has 0 bridgehead atoms. The zero-order chi connectivity index (χ0) is 10.0. The molecule has 0 fully saturated rings. The van der Waals surface area contributed by atoms with E-state index in [0.29, 0.717) is 11.1 Å². The molecule has 0 saturated heterocycles. The molecule has 2 heteroatoms. The van der Waals surface area contributed by atoms with Crippen molar-refractivity contribution in [3.8, 4) is 6.07 Å². The van der Waals surface area contributed by atoms with Crippen molar-refractivity contribution in [1.29, 1.82) is 5.26 Å². The van der Waals surface area contributed by atoms with E-state index in [-0.39, 0.29) is 11.7 Å². The largest absolute Gasteiger partial charge is 0.207 e. The normalized spacial score (nSPS) is 10.2. The number of nitriles is 1. The van der Waals surface area contributed by atoms with Crippen molar-refractivity contribution in [2.24, 2.45) is 0 Å². The Bertz CT molecular complexity index is 361. The molecule has 0 aromatic heterocycles. The van der Waals surface area contributed by atoms with E-state index in [4.69, 9.17) is 5.26 Å². The summed E-state index contributed by atoms with van der Waals surface area (Å²) in [6, 6.07) is 5.02. The van der Waals surface area contributed by atoms with Crippen molar-refractivity contribution in [1.82, 2.24) is 0 Å². The molecule has 0 atom stereocenters. The summed E-state index contributed by atoms with van der Waals surface area (Å²) in [5.41, 5.74) is 1.94. The van der Waals surface area contributed by atoms with Gasteiger partial charge in [0.2, 0.25) is 0 Å². The van der Waals surface area contributed by atoms with Crippen molar-refractivity contribution >= 4 is 0 Å². The SMILES string of the molecule is Cc1cc(C(C)C)c(F)cc1C#N. The van der Waals surface area contributed by atoms with Gasteiger partial charge in [0.1, 0.15) is 5.82 Å². The van der Waals surface area contributed by atoms with Gasteiger partial charge in [0.15, 0.2) is 0 Å². The Morgan fingerprint density at radius 3 is 2.46 bits per heavy atom. The van der Waals surface area contributed by atoms with Gasteiger partial charge >= 0.3 is 0 Å². The fourth-order valence-corrected chi connectivity index (χ4v) is 1.27. The Morgan fingerprint density at radius 2 is 2.00 bits per heavy atom. The van der Waals surface area contributed by atoms with E-state index in [1.54, 1.807) is 6.07 Å². The summed E-state index contributed by atoms with van der Waals surface area (Å²) >= 11 is 0. The van der Waals surface area contributed by atoms with E-state index in [1.807, 2.05) is 26.8 Å². The molecule has 0 saturated carbocycles. The van der Waals surface area contributed by atoms with Gasteiger partial charge in [-0.15, -0.1) is 0 Å². The van der Waals surface area contributed by atoms with Crippen LogP contribution in [0.25, 0.3) is 0 Å². The first kappa shape index (κ1) is 9.73. The van der Waals surface area contributed by atoms with Crippen LogP contribution in [0.2, 0.25) is 0 Å². The Labute approximate surface area is 77.8 Å². The van der Waals surface area contributed by atoms with Crippen LogP contribution in [0.3, 0.4) is 0 Å². The highest BCUT2D eigenvalue weighted by Crippen LogP contribution is 2.21. The van der Waals surface area contributed by atoms with Gasteiger partial charge in [-0.3, -0.25) is 0 Å². The molecule has 1 nitrogen and oxygen atoms in total. The van der Waals surface area contributed by atoms with Gasteiger partial charge in [-0.2, -0.15) is 5.26 Å². The van der Waals surface area contributed by atoms with Crippen LogP contribution >= 0.6 is 0 Å².